The van der Waals surface area contributed by atoms with Crippen LogP contribution in [0.25, 0.3) is 0 Å². The number of piperazine rings is 1. The van der Waals surface area contributed by atoms with E-state index in [4.69, 9.17) is 4.74 Å². The molecule has 1 fully saturated rings. The molecule has 2 aromatic carbocycles. The van der Waals surface area contributed by atoms with Gasteiger partial charge >= 0.3 is 5.97 Å². The molecular weight excluding hydrogens is 375 g/mol. The number of nitrogens with zero attached hydrogens (tertiary/aromatic N) is 2. The van der Waals surface area contributed by atoms with Crippen molar-refractivity contribution in [3.05, 3.63) is 66.0 Å². The van der Waals surface area contributed by atoms with Gasteiger partial charge in [0.15, 0.2) is 12.4 Å². The predicted octanol–water partition coefficient (Wildman–Crippen LogP) is 2.68. The number of Topliss-reactive ketones (excluding diaryl/α,β-unsaturated/α-hetero) is 1. The average Bonchev–Trinajstić information content (AvgIpc) is 2.77. The van der Waals surface area contributed by atoms with Crippen LogP contribution in [0.2, 0.25) is 0 Å². The van der Waals surface area contributed by atoms with E-state index in [9.17, 15) is 18.8 Å². The van der Waals surface area contributed by atoms with Crippen LogP contribution in [0, 0.1) is 5.82 Å². The van der Waals surface area contributed by atoms with E-state index in [1.54, 1.807) is 47.4 Å². The Morgan fingerprint density at radius 2 is 1.52 bits per heavy atom. The molecule has 3 rings (SSSR count). The lowest BCUT2D eigenvalue weighted by atomic mass is 10.1. The van der Waals surface area contributed by atoms with Gasteiger partial charge in [-0.2, -0.15) is 0 Å². The number of rotatable bonds is 7. The minimum atomic E-state index is -0.576. The standard InChI is InChI=1S/C22H23FN2O4/c23-18-8-4-5-9-19(18)24-12-14-25(15-13-24)21(27)16-29-22(28)11-10-20(26)17-6-2-1-3-7-17/h1-9H,10-16H2. The first kappa shape index (κ1) is 20.5. The van der Waals surface area contributed by atoms with Crippen LogP contribution in [0.4, 0.5) is 10.1 Å². The van der Waals surface area contributed by atoms with Crippen LogP contribution in [-0.4, -0.2) is 55.3 Å². The number of hydrogen-bond acceptors (Lipinski definition) is 5. The summed E-state index contributed by atoms with van der Waals surface area (Å²) in [5.41, 5.74) is 1.07. The quantitative estimate of drug-likeness (QED) is 0.530. The number of carbonyl (C=O) groups excluding carboxylic acids is 3. The number of esters is 1. The summed E-state index contributed by atoms with van der Waals surface area (Å²) >= 11 is 0. The maximum atomic E-state index is 13.9. The van der Waals surface area contributed by atoms with Crippen molar-refractivity contribution in [1.29, 1.82) is 0 Å². The van der Waals surface area contributed by atoms with Crippen molar-refractivity contribution in [2.45, 2.75) is 12.8 Å². The third-order valence-corrected chi connectivity index (χ3v) is 4.83. The molecule has 0 N–H and O–H groups in total. The Morgan fingerprint density at radius 1 is 0.862 bits per heavy atom. The predicted molar refractivity (Wildman–Crippen MR) is 106 cm³/mol. The zero-order valence-corrected chi connectivity index (χ0v) is 16.1. The molecule has 0 saturated carbocycles. The van der Waals surface area contributed by atoms with Crippen molar-refractivity contribution < 1.29 is 23.5 Å². The number of carbonyl (C=O) groups is 3. The van der Waals surface area contributed by atoms with E-state index in [-0.39, 0.29) is 37.0 Å². The highest BCUT2D eigenvalue weighted by Crippen LogP contribution is 2.20. The Morgan fingerprint density at radius 3 is 2.21 bits per heavy atom. The lowest BCUT2D eigenvalue weighted by Crippen LogP contribution is -2.50. The van der Waals surface area contributed by atoms with Gasteiger partial charge in [-0.05, 0) is 12.1 Å². The van der Waals surface area contributed by atoms with Crippen LogP contribution >= 0.6 is 0 Å². The molecule has 1 heterocycles. The highest BCUT2D eigenvalue weighted by atomic mass is 19.1. The molecule has 7 heteroatoms. The summed E-state index contributed by atoms with van der Waals surface area (Å²) in [5, 5.41) is 0. The van der Waals surface area contributed by atoms with E-state index >= 15 is 0 Å². The molecule has 0 aromatic heterocycles. The van der Waals surface area contributed by atoms with Crippen LogP contribution in [0.15, 0.2) is 54.6 Å². The second-order valence-corrected chi connectivity index (χ2v) is 6.77. The number of halogens is 1. The zero-order valence-electron chi connectivity index (χ0n) is 16.1. The molecule has 0 atom stereocenters. The van der Waals surface area contributed by atoms with Crippen molar-refractivity contribution in [3.8, 4) is 0 Å². The highest BCUT2D eigenvalue weighted by molar-refractivity contribution is 5.97. The molecule has 0 aliphatic carbocycles. The van der Waals surface area contributed by atoms with E-state index in [0.717, 1.165) is 0 Å². The van der Waals surface area contributed by atoms with Gasteiger partial charge in [-0.1, -0.05) is 42.5 Å². The van der Waals surface area contributed by atoms with Gasteiger partial charge in [-0.25, -0.2) is 4.39 Å². The van der Waals surface area contributed by atoms with E-state index < -0.39 is 5.97 Å². The van der Waals surface area contributed by atoms with Crippen LogP contribution in [0.5, 0.6) is 0 Å². The first-order chi connectivity index (χ1) is 14.0. The number of ether oxygens (including phenoxy) is 1. The number of benzene rings is 2. The SMILES string of the molecule is O=C(CCC(=O)c1ccccc1)OCC(=O)N1CCN(c2ccccc2F)CC1. The van der Waals surface area contributed by atoms with E-state index in [0.29, 0.717) is 37.4 Å². The van der Waals surface area contributed by atoms with Crippen LogP contribution < -0.4 is 4.90 Å². The summed E-state index contributed by atoms with van der Waals surface area (Å²) in [7, 11) is 0. The number of ketones is 1. The molecule has 2 aromatic rings. The van der Waals surface area contributed by atoms with Gasteiger partial charge < -0.3 is 14.5 Å². The molecule has 0 spiro atoms. The molecule has 1 saturated heterocycles. The number of anilines is 1. The fourth-order valence-electron chi connectivity index (χ4n) is 3.19. The summed E-state index contributed by atoms with van der Waals surface area (Å²) in [6.07, 6.45) is -0.0274. The lowest BCUT2D eigenvalue weighted by molar-refractivity contribution is -0.152. The van der Waals surface area contributed by atoms with Gasteiger partial charge in [0.05, 0.1) is 12.1 Å². The highest BCUT2D eigenvalue weighted by Gasteiger charge is 2.23. The Bertz CT molecular complexity index is 864. The first-order valence-corrected chi connectivity index (χ1v) is 9.55. The minimum Gasteiger partial charge on any atom is -0.456 e. The van der Waals surface area contributed by atoms with Crippen LogP contribution in [-0.2, 0) is 14.3 Å². The van der Waals surface area contributed by atoms with Crippen molar-refractivity contribution in [3.63, 3.8) is 0 Å². The largest absolute Gasteiger partial charge is 0.456 e. The Kier molecular flexibility index (Phi) is 6.94. The minimum absolute atomic E-state index is 0.0400. The molecule has 1 aliphatic rings. The number of hydrogen-bond donors (Lipinski definition) is 0. The summed E-state index contributed by atoms with van der Waals surface area (Å²) in [5.74, 6) is -1.29. The summed E-state index contributed by atoms with van der Waals surface area (Å²) in [4.78, 5) is 39.6. The molecule has 0 bridgehead atoms. The van der Waals surface area contributed by atoms with Crippen LogP contribution in [0.1, 0.15) is 23.2 Å². The monoisotopic (exact) mass is 398 g/mol. The molecule has 152 valence electrons. The van der Waals surface area contributed by atoms with Gasteiger partial charge in [-0.3, -0.25) is 14.4 Å². The van der Waals surface area contributed by atoms with Crippen molar-refractivity contribution in [1.82, 2.24) is 4.90 Å². The summed E-state index contributed by atoms with van der Waals surface area (Å²) < 4.78 is 18.9. The fraction of sp³-hybridized carbons (Fsp3) is 0.318. The molecule has 29 heavy (non-hydrogen) atoms. The molecule has 6 nitrogen and oxygen atoms in total. The summed E-state index contributed by atoms with van der Waals surface area (Å²) in [6.45, 7) is 1.52. The van der Waals surface area contributed by atoms with Crippen molar-refractivity contribution >= 4 is 23.3 Å². The third-order valence-electron chi connectivity index (χ3n) is 4.83. The van der Waals surface area contributed by atoms with Gasteiger partial charge in [0.2, 0.25) is 0 Å². The topological polar surface area (TPSA) is 66.9 Å². The molecule has 1 amide bonds. The second-order valence-electron chi connectivity index (χ2n) is 6.77. The third kappa shape index (κ3) is 5.63. The maximum absolute atomic E-state index is 13.9. The maximum Gasteiger partial charge on any atom is 0.306 e. The average molecular weight is 398 g/mol. The van der Waals surface area contributed by atoms with Gasteiger partial charge in [0.1, 0.15) is 5.82 Å². The van der Waals surface area contributed by atoms with Gasteiger partial charge in [0, 0.05) is 38.2 Å². The van der Waals surface area contributed by atoms with E-state index in [1.165, 1.54) is 6.07 Å². The Balaban J connectivity index is 1.38. The lowest BCUT2D eigenvalue weighted by Gasteiger charge is -2.36. The van der Waals surface area contributed by atoms with Crippen LogP contribution in [0.3, 0.4) is 0 Å². The molecule has 0 unspecified atom stereocenters. The zero-order chi connectivity index (χ0) is 20.6. The van der Waals surface area contributed by atoms with Gasteiger partial charge in [0.25, 0.3) is 5.91 Å². The number of para-hydroxylation sites is 1. The smallest absolute Gasteiger partial charge is 0.306 e. The summed E-state index contributed by atoms with van der Waals surface area (Å²) in [6, 6.07) is 15.3. The molecular formula is C22H23FN2O4. The normalized spacial score (nSPS) is 13.8. The Labute approximate surface area is 168 Å². The molecule has 0 radical (unpaired) electrons. The van der Waals surface area contributed by atoms with Crippen molar-refractivity contribution in [2.75, 3.05) is 37.7 Å². The molecule has 1 aliphatic heterocycles. The second kappa shape index (κ2) is 9.82. The van der Waals surface area contributed by atoms with Crippen molar-refractivity contribution in [2.24, 2.45) is 0 Å². The van der Waals surface area contributed by atoms with E-state index in [2.05, 4.69) is 0 Å². The first-order valence-electron chi connectivity index (χ1n) is 9.55. The van der Waals surface area contributed by atoms with E-state index in [1.807, 2.05) is 11.0 Å². The number of amides is 1. The van der Waals surface area contributed by atoms with Gasteiger partial charge in [-0.15, -0.1) is 0 Å². The Hall–Kier alpha value is -3.22. The fourth-order valence-corrected chi connectivity index (χ4v) is 3.19.